The van der Waals surface area contributed by atoms with E-state index in [0.717, 1.165) is 107 Å². The number of aliphatic carboxylic acids is 1. The number of carboxylic acid groups (broad SMARTS) is 1. The van der Waals surface area contributed by atoms with E-state index >= 15 is 0 Å². The lowest BCUT2D eigenvalue weighted by Crippen LogP contribution is -2.21. The van der Waals surface area contributed by atoms with Gasteiger partial charge in [-0.2, -0.15) is 0 Å². The number of ether oxygens (including phenoxy) is 8. The number of fused-ring (bicyclic) bond motifs is 8. The zero-order valence-electron chi connectivity index (χ0n) is 84.7. The molecule has 8 aromatic carbocycles. The van der Waals surface area contributed by atoms with E-state index in [-0.39, 0.29) is 32.1 Å². The van der Waals surface area contributed by atoms with Crippen LogP contribution in [0.2, 0.25) is 0 Å². The van der Waals surface area contributed by atoms with Crippen LogP contribution in [0.5, 0.6) is 46.0 Å². The second kappa shape index (κ2) is 66.3. The summed E-state index contributed by atoms with van der Waals surface area (Å²) in [5.74, 6) is 4.35. The van der Waals surface area contributed by atoms with Gasteiger partial charge in [0.05, 0.1) is 52.9 Å². The minimum atomic E-state index is -0.770. The van der Waals surface area contributed by atoms with E-state index in [2.05, 4.69) is 91.0 Å². The summed E-state index contributed by atoms with van der Waals surface area (Å²) in [4.78, 5) is 70.8. The van der Waals surface area contributed by atoms with Gasteiger partial charge >= 0.3 is 30.1 Å². The first kappa shape index (κ1) is 110. The summed E-state index contributed by atoms with van der Waals surface area (Å²) in [7, 11) is 0. The van der Waals surface area contributed by atoms with Crippen molar-refractivity contribution in [2.75, 3.05) is 95.4 Å². The van der Waals surface area contributed by atoms with Crippen LogP contribution in [0, 0.1) is 0 Å². The molecule has 8 amide bonds. The summed E-state index contributed by atoms with van der Waals surface area (Å²) < 4.78 is 53.6. The summed E-state index contributed by atoms with van der Waals surface area (Å²) in [5, 5.41) is 34.7. The molecule has 0 aromatic heterocycles. The fraction of sp³-hybridized carbons (Fsp3) is 0.543. The average Bonchev–Trinajstić information content (AvgIpc) is 0.768. The number of carbonyl (C=O) groups is 5. The van der Waals surface area contributed by atoms with Crippen LogP contribution in [-0.2, 0) is 30.5 Å². The van der Waals surface area contributed by atoms with Gasteiger partial charge in [0.15, 0.2) is 0 Å². The number of carbonyl (C=O) groups excluding carboxylic acids is 4. The third-order valence-electron chi connectivity index (χ3n) is 24.9. The van der Waals surface area contributed by atoms with Crippen LogP contribution in [0.3, 0.4) is 0 Å². The Morgan fingerprint density at radius 1 is 0.203 bits per heavy atom. The van der Waals surface area contributed by atoms with Crippen LogP contribution >= 0.6 is 0 Å². The molecule has 22 heteroatoms. The Bertz CT molecular complexity index is 4620. The lowest BCUT2D eigenvalue weighted by Gasteiger charge is -2.25. The first-order chi connectivity index (χ1) is 67.6. The van der Waals surface area contributed by atoms with Crippen molar-refractivity contribution in [3.63, 3.8) is 0 Å². The van der Waals surface area contributed by atoms with Crippen LogP contribution in [0.25, 0.3) is 0 Å². The molecular formula is C116H166N8O14. The normalized spacial score (nSPS) is 11.6. The lowest BCUT2D eigenvalue weighted by atomic mass is 9.90. The van der Waals surface area contributed by atoms with Crippen LogP contribution < -0.4 is 80.4 Å². The first-order valence-electron chi connectivity index (χ1n) is 53.2. The van der Waals surface area contributed by atoms with Crippen molar-refractivity contribution in [2.24, 2.45) is 0 Å². The zero-order chi connectivity index (χ0) is 97.6. The van der Waals surface area contributed by atoms with Gasteiger partial charge in [0.25, 0.3) is 0 Å². The number of amides is 8. The third-order valence-corrected chi connectivity index (χ3v) is 24.9. The van der Waals surface area contributed by atoms with Crippen molar-refractivity contribution in [3.8, 4) is 46.0 Å². The highest BCUT2D eigenvalue weighted by atomic mass is 16.5. The first-order valence-corrected chi connectivity index (χ1v) is 53.2. The number of carboxylic acids is 1. The molecule has 8 bridgehead atoms. The molecule has 0 radical (unpaired) electrons. The molecule has 22 nitrogen and oxygen atoms in total. The molecule has 0 saturated carbocycles. The molecule has 0 saturated heterocycles. The molecule has 0 heterocycles. The summed E-state index contributed by atoms with van der Waals surface area (Å²) in [6.45, 7) is 18.9. The standard InChI is InChI=1S/C116H166N8O14/c1-8-15-19-23-27-34-40-46-71-131-104-60-52-96(53-61-104)117-113(127)121-100-80-88-76-90-82-101(122-114(128)118-97-54-62-105(63-55-97)132-72-47-41-35-28-24-20-16-9-2)84-92(110(90)136-69-13-6)78-94-86-103(124-116(130)120-99-58-66-107(67-59-99)134-74-49-43-37-30-26-22-18-11-4)87-95(112(94)138-75-50-44-38-32-31-33-39-45-51-108(125)126)79-93-85-102(83-91(111(93)137-70-14-7)77-89(81-100)109(88)135-68-12-5)123-115(129)119-98-56-64-106(65-57-98)133-73-48-42-36-29-25-21-17-10-3/h52-67,80-87H,8-51,68-79H2,1-7H3,(H,125,126)(H2,117,121,127)(H2,118,122,128)(H2,119,123,129)(H2,120,124,130). The maximum atomic E-state index is 14.9. The van der Waals surface area contributed by atoms with Crippen molar-refractivity contribution < 1.29 is 67.0 Å². The molecule has 754 valence electrons. The summed E-state index contributed by atoms with van der Waals surface area (Å²) >= 11 is 0. The van der Waals surface area contributed by atoms with E-state index in [0.29, 0.717) is 204 Å². The van der Waals surface area contributed by atoms with Gasteiger partial charge in [-0.3, -0.25) is 4.79 Å². The van der Waals surface area contributed by atoms with Crippen LogP contribution in [0.1, 0.15) is 375 Å². The topological polar surface area (TPSA) is 276 Å². The molecular weight excluding hydrogens is 1730 g/mol. The molecule has 0 fully saturated rings. The fourth-order valence-electron chi connectivity index (χ4n) is 17.6. The minimum absolute atomic E-state index is 0.141. The Labute approximate surface area is 826 Å². The predicted octanol–water partition coefficient (Wildman–Crippen LogP) is 32.4. The number of hydrogen-bond acceptors (Lipinski definition) is 13. The Balaban J connectivity index is 1.16. The molecule has 0 spiro atoms. The molecule has 9 rings (SSSR count). The molecule has 138 heavy (non-hydrogen) atoms. The highest BCUT2D eigenvalue weighted by molar-refractivity contribution is 6.02. The fourth-order valence-corrected chi connectivity index (χ4v) is 17.6. The summed E-state index contributed by atoms with van der Waals surface area (Å²) in [5.41, 5.74) is 9.59. The van der Waals surface area contributed by atoms with Gasteiger partial charge in [-0.15, -0.1) is 0 Å². The Morgan fingerprint density at radius 3 is 0.558 bits per heavy atom. The van der Waals surface area contributed by atoms with Crippen LogP contribution in [-0.4, -0.2) is 88.1 Å². The molecule has 0 aliphatic heterocycles. The minimum Gasteiger partial charge on any atom is -0.494 e. The van der Waals surface area contributed by atoms with Crippen LogP contribution in [0.4, 0.5) is 64.7 Å². The van der Waals surface area contributed by atoms with Crippen molar-refractivity contribution in [1.82, 2.24) is 0 Å². The highest BCUT2D eigenvalue weighted by Gasteiger charge is 2.28. The zero-order valence-corrected chi connectivity index (χ0v) is 84.7. The van der Waals surface area contributed by atoms with Gasteiger partial charge < -0.3 is 85.5 Å². The van der Waals surface area contributed by atoms with E-state index in [1.165, 1.54) is 154 Å². The molecule has 8 aromatic rings. The molecule has 1 aliphatic rings. The van der Waals surface area contributed by atoms with E-state index in [4.69, 9.17) is 37.9 Å². The maximum absolute atomic E-state index is 14.9. The molecule has 0 atom stereocenters. The quantitative estimate of drug-likeness (QED) is 0.0160. The van der Waals surface area contributed by atoms with Gasteiger partial charge in [0.2, 0.25) is 0 Å². The number of urea groups is 4. The maximum Gasteiger partial charge on any atom is 0.323 e. The highest BCUT2D eigenvalue weighted by Crippen LogP contribution is 2.44. The van der Waals surface area contributed by atoms with Gasteiger partial charge in [0.1, 0.15) is 46.0 Å². The number of unbranched alkanes of at least 4 members (excludes halogenated alkanes) is 35. The smallest absolute Gasteiger partial charge is 0.323 e. The van der Waals surface area contributed by atoms with Crippen LogP contribution in [0.15, 0.2) is 146 Å². The Morgan fingerprint density at radius 2 is 0.370 bits per heavy atom. The van der Waals surface area contributed by atoms with Crippen molar-refractivity contribution >= 4 is 75.6 Å². The summed E-state index contributed by atoms with van der Waals surface area (Å²) in [6, 6.07) is 43.4. The van der Waals surface area contributed by atoms with E-state index in [1.807, 2.05) is 146 Å². The molecule has 1 aliphatic carbocycles. The van der Waals surface area contributed by atoms with E-state index < -0.39 is 30.1 Å². The van der Waals surface area contributed by atoms with E-state index in [1.54, 1.807) is 0 Å². The largest absolute Gasteiger partial charge is 0.494 e. The number of rotatable bonds is 69. The predicted molar refractivity (Wildman–Crippen MR) is 568 cm³/mol. The lowest BCUT2D eigenvalue weighted by molar-refractivity contribution is -0.137. The Hall–Kier alpha value is -11.3. The van der Waals surface area contributed by atoms with Gasteiger partial charge in [-0.1, -0.05) is 267 Å². The van der Waals surface area contributed by atoms with Gasteiger partial charge in [-0.05, 0) is 203 Å². The van der Waals surface area contributed by atoms with Crippen molar-refractivity contribution in [1.29, 1.82) is 0 Å². The number of benzene rings is 8. The van der Waals surface area contributed by atoms with Gasteiger partial charge in [0, 0.05) is 122 Å². The number of nitrogens with one attached hydrogen (secondary N) is 8. The SMILES string of the molecule is CCCCCCCCCCOc1ccc(NC(=O)Nc2cc3c(OCCC)c(c2)Cc2cc(NC(=O)Nc4ccc(OCCCCCCCCCC)cc4)cc(c2OCCC)Cc2cc(NC(=O)Nc4ccc(OCCCCCCCCCC)cc4)cc(c2OCCCCCCCCCCC(=O)O)Cc2cc(NC(=O)Nc4ccc(OCCCCCCCCCC)cc4)cc(c2OCCC)C3)cc1. The monoisotopic (exact) mass is 1900 g/mol. The third kappa shape index (κ3) is 43.0. The molecule has 9 N–H and O–H groups in total. The second-order valence-corrected chi connectivity index (χ2v) is 37.3. The van der Waals surface area contributed by atoms with Gasteiger partial charge in [-0.25, -0.2) is 19.2 Å². The Kier molecular flexibility index (Phi) is 53.0. The molecule has 0 unspecified atom stereocenters. The second-order valence-electron chi connectivity index (χ2n) is 37.3. The average molecular weight is 1900 g/mol. The van der Waals surface area contributed by atoms with E-state index in [9.17, 15) is 29.1 Å². The number of anilines is 8. The summed E-state index contributed by atoms with van der Waals surface area (Å²) in [6.07, 6.45) is 48.0. The van der Waals surface area contributed by atoms with Crippen molar-refractivity contribution in [3.05, 3.63) is 190 Å². The number of hydrogen-bond donors (Lipinski definition) is 9. The van der Waals surface area contributed by atoms with Crippen molar-refractivity contribution in [2.45, 2.75) is 357 Å².